The summed E-state index contributed by atoms with van der Waals surface area (Å²) < 4.78 is 6.12. The molecule has 1 fully saturated rings. The zero-order valence-corrected chi connectivity index (χ0v) is 17.3. The van der Waals surface area contributed by atoms with Crippen molar-refractivity contribution in [2.45, 2.75) is 45.9 Å². The van der Waals surface area contributed by atoms with Crippen LogP contribution in [0.25, 0.3) is 0 Å². The maximum atomic E-state index is 12.7. The van der Waals surface area contributed by atoms with Crippen molar-refractivity contribution in [3.05, 3.63) is 28.8 Å². The van der Waals surface area contributed by atoms with Gasteiger partial charge in [0.05, 0.1) is 19.1 Å². The van der Waals surface area contributed by atoms with Crippen molar-refractivity contribution >= 4 is 38.2 Å². The number of hydrogen-bond donors (Lipinski definition) is 2. The lowest BCUT2D eigenvalue weighted by molar-refractivity contribution is -0.119. The maximum absolute atomic E-state index is 12.7. The molecule has 3 rings (SSSR count). The smallest absolute Gasteiger partial charge is 0.410 e. The van der Waals surface area contributed by atoms with E-state index in [1.54, 1.807) is 4.90 Å². The molecule has 146 valence electrons. The molecule has 1 unspecified atom stereocenters. The normalized spacial score (nSPS) is 18.9. The minimum Gasteiger partial charge on any atom is -0.444 e. The fraction of sp³-hybridized carbons (Fsp3) is 0.526. The molecule has 0 aliphatic carbocycles. The van der Waals surface area contributed by atoms with E-state index in [9.17, 15) is 14.7 Å². The van der Waals surface area contributed by atoms with Crippen LogP contribution in [0.2, 0.25) is 0 Å². The van der Waals surface area contributed by atoms with Gasteiger partial charge in [-0.2, -0.15) is 0 Å². The van der Waals surface area contributed by atoms with Gasteiger partial charge in [-0.3, -0.25) is 9.79 Å². The molecule has 2 heterocycles. The van der Waals surface area contributed by atoms with Gasteiger partial charge in [0.15, 0.2) is 0 Å². The number of aliphatic hydroxyl groups excluding tert-OH is 1. The highest BCUT2D eigenvalue weighted by Gasteiger charge is 2.33. The first kappa shape index (κ1) is 19.8. The number of nitrogens with zero attached hydrogens (tertiary/aromatic N) is 2. The second kappa shape index (κ2) is 7.59. The third-order valence-electron chi connectivity index (χ3n) is 4.58. The number of amides is 2. The summed E-state index contributed by atoms with van der Waals surface area (Å²) in [5, 5.41) is 12.6. The molecule has 0 radical (unpaired) electrons. The van der Waals surface area contributed by atoms with Crippen LogP contribution in [0.3, 0.4) is 0 Å². The molecule has 1 aromatic rings. The zero-order chi connectivity index (χ0) is 19.8. The van der Waals surface area contributed by atoms with Crippen molar-refractivity contribution in [1.29, 1.82) is 0 Å². The van der Waals surface area contributed by atoms with E-state index < -0.39 is 11.7 Å². The first-order chi connectivity index (χ1) is 12.7. The number of ether oxygens (including phenoxy) is 1. The Kier molecular flexibility index (Phi) is 5.58. The van der Waals surface area contributed by atoms with E-state index in [-0.39, 0.29) is 18.4 Å². The van der Waals surface area contributed by atoms with Crippen molar-refractivity contribution in [2.75, 3.05) is 18.4 Å². The highest BCUT2D eigenvalue weighted by Crippen LogP contribution is 2.30. The monoisotopic (exact) mass is 437 g/mol. The number of hydrogen-bond acceptors (Lipinski definition) is 5. The predicted molar refractivity (Wildman–Crippen MR) is 106 cm³/mol. The number of likely N-dealkylation sites (tertiary alicyclic amines) is 1. The van der Waals surface area contributed by atoms with Gasteiger partial charge < -0.3 is 20.1 Å². The van der Waals surface area contributed by atoms with Crippen LogP contribution in [-0.2, 0) is 22.7 Å². The van der Waals surface area contributed by atoms with Gasteiger partial charge >= 0.3 is 6.09 Å². The molecule has 1 aromatic carbocycles. The summed E-state index contributed by atoms with van der Waals surface area (Å²) in [6, 6.07) is 3.70. The number of benzene rings is 1. The third-order valence-corrected chi connectivity index (χ3v) is 5.26. The van der Waals surface area contributed by atoms with E-state index in [1.807, 2.05) is 32.9 Å². The number of halogens is 1. The van der Waals surface area contributed by atoms with E-state index in [0.717, 1.165) is 15.7 Å². The summed E-state index contributed by atoms with van der Waals surface area (Å²) in [7, 11) is 0. The molecule has 8 heteroatoms. The number of aliphatic imine (C=N–C) groups is 1. The number of carbonyl (C=O) groups excluding carboxylic acids is 2. The van der Waals surface area contributed by atoms with Crippen LogP contribution in [0.15, 0.2) is 17.1 Å². The molecule has 2 amide bonds. The summed E-state index contributed by atoms with van der Waals surface area (Å²) in [4.78, 5) is 30.8. The van der Waals surface area contributed by atoms with Crippen LogP contribution in [0.4, 0.5) is 10.5 Å². The number of nitrogens with one attached hydrogen (secondary N) is 1. The van der Waals surface area contributed by atoms with E-state index in [4.69, 9.17) is 4.74 Å². The molecule has 1 saturated heterocycles. The van der Waals surface area contributed by atoms with Crippen LogP contribution in [0.1, 0.15) is 43.9 Å². The standard InChI is InChI=1S/C19H24BrN3O4/c1-19(2,3)27-18(26)23-5-4-11(9-23)17(25)22-15-7-14-12(6-13(15)10-24)8-21-16(14)20/h6-7,11,24H,4-5,8-10H2,1-3H3,(H,22,25). The summed E-state index contributed by atoms with van der Waals surface area (Å²) in [5.74, 6) is -0.476. The zero-order valence-electron chi connectivity index (χ0n) is 15.7. The summed E-state index contributed by atoms with van der Waals surface area (Å²) in [6.07, 6.45) is 0.182. The van der Waals surface area contributed by atoms with Gasteiger partial charge in [0.1, 0.15) is 10.2 Å². The van der Waals surface area contributed by atoms with Crippen molar-refractivity contribution in [2.24, 2.45) is 10.9 Å². The Bertz CT molecular complexity index is 801. The quantitative estimate of drug-likeness (QED) is 0.759. The predicted octanol–water partition coefficient (Wildman–Crippen LogP) is 3.03. The molecule has 0 aromatic heterocycles. The first-order valence-corrected chi connectivity index (χ1v) is 9.73. The van der Waals surface area contributed by atoms with Crippen LogP contribution in [0, 0.1) is 5.92 Å². The Morgan fingerprint density at radius 2 is 2.15 bits per heavy atom. The summed E-state index contributed by atoms with van der Waals surface area (Å²) in [5.41, 5.74) is 2.60. The maximum Gasteiger partial charge on any atom is 0.410 e. The van der Waals surface area contributed by atoms with E-state index in [2.05, 4.69) is 26.2 Å². The lowest BCUT2D eigenvalue weighted by Crippen LogP contribution is -2.36. The van der Waals surface area contributed by atoms with Crippen LogP contribution >= 0.6 is 15.9 Å². The highest BCUT2D eigenvalue weighted by atomic mass is 79.9. The third kappa shape index (κ3) is 4.50. The Morgan fingerprint density at radius 3 is 2.81 bits per heavy atom. The van der Waals surface area contributed by atoms with Crippen molar-refractivity contribution in [1.82, 2.24) is 4.90 Å². The average molecular weight is 438 g/mol. The van der Waals surface area contributed by atoms with Crippen LogP contribution in [0.5, 0.6) is 0 Å². The number of carbonyl (C=O) groups is 2. The lowest BCUT2D eigenvalue weighted by atomic mass is 10.0. The topological polar surface area (TPSA) is 91.2 Å². The van der Waals surface area contributed by atoms with E-state index in [1.165, 1.54) is 0 Å². The number of anilines is 1. The summed E-state index contributed by atoms with van der Waals surface area (Å²) >= 11 is 3.41. The van der Waals surface area contributed by atoms with Gasteiger partial charge in [-0.05, 0) is 60.8 Å². The Labute approximate surface area is 166 Å². The van der Waals surface area contributed by atoms with Crippen molar-refractivity contribution < 1.29 is 19.4 Å². The molecular weight excluding hydrogens is 414 g/mol. The molecule has 27 heavy (non-hydrogen) atoms. The van der Waals surface area contributed by atoms with Crippen molar-refractivity contribution in [3.8, 4) is 0 Å². The van der Waals surface area contributed by atoms with Gasteiger partial charge in [-0.25, -0.2) is 4.79 Å². The molecule has 1 atom stereocenters. The molecule has 0 spiro atoms. The number of rotatable bonds is 3. The van der Waals surface area contributed by atoms with Gasteiger partial charge in [0, 0.05) is 29.9 Å². The highest BCUT2D eigenvalue weighted by molar-refractivity contribution is 9.18. The molecule has 2 aliphatic heterocycles. The second-order valence-electron chi connectivity index (χ2n) is 7.83. The minimum absolute atomic E-state index is 0.165. The van der Waals surface area contributed by atoms with Gasteiger partial charge in [0.25, 0.3) is 0 Å². The van der Waals surface area contributed by atoms with Gasteiger partial charge in [-0.15, -0.1) is 0 Å². The fourth-order valence-corrected chi connectivity index (χ4v) is 3.70. The van der Waals surface area contributed by atoms with Gasteiger partial charge in [0.2, 0.25) is 5.91 Å². The molecule has 2 N–H and O–H groups in total. The Balaban J connectivity index is 1.67. The molecular formula is C19H24BrN3O4. The number of fused-ring (bicyclic) bond motifs is 1. The molecule has 2 aliphatic rings. The minimum atomic E-state index is -0.563. The van der Waals surface area contributed by atoms with Gasteiger partial charge in [-0.1, -0.05) is 0 Å². The first-order valence-electron chi connectivity index (χ1n) is 8.93. The lowest BCUT2D eigenvalue weighted by Gasteiger charge is -2.24. The molecule has 7 nitrogen and oxygen atoms in total. The fourth-order valence-electron chi connectivity index (χ4n) is 3.21. The van der Waals surface area contributed by atoms with Crippen LogP contribution in [-0.4, -0.2) is 45.3 Å². The summed E-state index contributed by atoms with van der Waals surface area (Å²) in [6.45, 7) is 6.65. The second-order valence-corrected chi connectivity index (χ2v) is 8.58. The average Bonchev–Trinajstić information content (AvgIpc) is 3.20. The van der Waals surface area contributed by atoms with E-state index in [0.29, 0.717) is 37.3 Å². The molecule has 0 bridgehead atoms. The largest absolute Gasteiger partial charge is 0.444 e. The Morgan fingerprint density at radius 1 is 1.41 bits per heavy atom. The Hall–Kier alpha value is -1.93. The number of aliphatic hydroxyl groups is 1. The van der Waals surface area contributed by atoms with Crippen LogP contribution < -0.4 is 5.32 Å². The SMILES string of the molecule is CC(C)(C)OC(=O)N1CCC(C(=O)Nc2cc3c(cc2CO)CN=C3Br)C1. The van der Waals surface area contributed by atoms with E-state index >= 15 is 0 Å². The van der Waals surface area contributed by atoms with Crippen molar-refractivity contribution in [3.63, 3.8) is 0 Å². The molecule has 0 saturated carbocycles.